The van der Waals surface area contributed by atoms with Crippen LogP contribution in [0.4, 0.5) is 0 Å². The smallest absolute Gasteiger partial charge is 0.194 e. The summed E-state index contributed by atoms with van der Waals surface area (Å²) < 4.78 is 0. The van der Waals surface area contributed by atoms with Gasteiger partial charge in [0.25, 0.3) is 0 Å². The van der Waals surface area contributed by atoms with Crippen LogP contribution in [0.1, 0.15) is 46.5 Å². The number of carbonyl (C=O) groups excluding carboxylic acids is 2. The third kappa shape index (κ3) is 5.64. The number of fused-ring (bicyclic) bond motifs is 4. The van der Waals surface area contributed by atoms with Crippen LogP contribution in [0.15, 0.2) is 66.4 Å². The number of aliphatic hydroxyl groups excluding tert-OH is 1. The van der Waals surface area contributed by atoms with E-state index in [1.54, 1.807) is 0 Å². The third-order valence-corrected chi connectivity index (χ3v) is 5.62. The number of aromatic nitrogens is 1. The Hall–Kier alpha value is -3.40. The second-order valence-corrected chi connectivity index (χ2v) is 8.82. The Labute approximate surface area is 219 Å². The van der Waals surface area contributed by atoms with Gasteiger partial charge in [-0.3, -0.25) is 14.6 Å². The number of carbonyl (C=O) groups is 2. The van der Waals surface area contributed by atoms with Crippen LogP contribution in [-0.4, -0.2) is 21.7 Å². The molecular weight excluding hydrogens is 615 g/mol. The van der Waals surface area contributed by atoms with E-state index in [1.807, 2.05) is 38.1 Å². The molecule has 0 atom stereocenters. The van der Waals surface area contributed by atoms with Crippen LogP contribution < -0.4 is 0 Å². The number of pyridine rings is 1. The quantitative estimate of drug-likeness (QED) is 0.130. The number of rotatable bonds is 2. The van der Waals surface area contributed by atoms with Crippen molar-refractivity contribution in [2.24, 2.45) is 0 Å². The Morgan fingerprint density at radius 1 is 0.857 bits per heavy atom. The Bertz CT molecular complexity index is 1480. The number of hydrogen-bond acceptors (Lipinski definition) is 4. The first-order chi connectivity index (χ1) is 16.1. The van der Waals surface area contributed by atoms with E-state index in [0.717, 1.165) is 55.5 Å². The summed E-state index contributed by atoms with van der Waals surface area (Å²) in [6.45, 7) is 8.99. The van der Waals surface area contributed by atoms with Crippen molar-refractivity contribution in [3.05, 3.63) is 100 Å². The molecule has 0 amide bonds. The summed E-state index contributed by atoms with van der Waals surface area (Å²) in [6.07, 6.45) is 1.17. The average Bonchev–Trinajstić information content (AvgIpc) is 3.01. The van der Waals surface area contributed by atoms with Gasteiger partial charge in [-0.05, 0) is 61.2 Å². The van der Waals surface area contributed by atoms with Crippen LogP contribution in [-0.2, 0) is 24.9 Å². The summed E-state index contributed by atoms with van der Waals surface area (Å²) in [6, 6.07) is 21.8. The number of hydrogen-bond donors (Lipinski definition) is 1. The minimum absolute atomic E-state index is 0. The molecule has 1 aliphatic carbocycles. The zero-order chi connectivity index (χ0) is 24.6. The monoisotopic (exact) mass is 641 g/mol. The molecule has 179 valence electrons. The topological polar surface area (TPSA) is 67.3 Å². The maximum Gasteiger partial charge on any atom is 0.194 e. The molecule has 1 aromatic heterocycles. The number of aryl methyl sites for hydroxylation is 3. The fourth-order valence-electron chi connectivity index (χ4n) is 4.29. The van der Waals surface area contributed by atoms with E-state index in [9.17, 15) is 9.59 Å². The van der Waals surface area contributed by atoms with E-state index in [-0.39, 0.29) is 37.4 Å². The molecule has 35 heavy (non-hydrogen) atoms. The summed E-state index contributed by atoms with van der Waals surface area (Å²) in [5, 5.41) is 9.41. The molecule has 1 heterocycles. The number of benzene rings is 3. The first-order valence-electron chi connectivity index (χ1n) is 11.1. The van der Waals surface area contributed by atoms with Gasteiger partial charge >= 0.3 is 0 Å². The van der Waals surface area contributed by atoms with Crippen molar-refractivity contribution in [2.45, 2.75) is 34.6 Å². The Morgan fingerprint density at radius 2 is 1.57 bits per heavy atom. The molecule has 0 saturated heterocycles. The standard InChI is InChI=1S/C25H18NO.C5H8O2.Ir/c1-14-4-6-19-20-12-17-5-7-23(18-9-15(2)8-16(3)10-18)26-24(17)13-22(20)25(27)21(19)11-14;1-4(6)3-5(2)7;/h4-9,11-13H,1-3H3;3,6H,1-2H3;/q-1;;/b;4-3-;. The molecule has 0 aliphatic heterocycles. The number of nitrogens with zero attached hydrogens (tertiary/aromatic N) is 1. The van der Waals surface area contributed by atoms with Crippen LogP contribution in [0.5, 0.6) is 0 Å². The summed E-state index contributed by atoms with van der Waals surface area (Å²) >= 11 is 0. The van der Waals surface area contributed by atoms with E-state index >= 15 is 0 Å². The van der Waals surface area contributed by atoms with E-state index in [2.05, 4.69) is 43.3 Å². The van der Waals surface area contributed by atoms with Gasteiger partial charge in [-0.2, -0.15) is 0 Å². The SMILES string of the molecule is CC(=O)/C=C(/C)O.Cc1[c-]c(-c2ccc3cc4c(cc3n2)C(=O)c2cc(C)ccc2-4)cc(C)c1.[Ir]. The maximum absolute atomic E-state index is 12.9. The van der Waals surface area contributed by atoms with E-state index in [4.69, 9.17) is 10.1 Å². The van der Waals surface area contributed by atoms with Gasteiger partial charge in [-0.25, -0.2) is 0 Å². The van der Waals surface area contributed by atoms with Gasteiger partial charge in [0, 0.05) is 37.3 Å². The Morgan fingerprint density at radius 3 is 2.20 bits per heavy atom. The zero-order valence-electron chi connectivity index (χ0n) is 20.3. The van der Waals surface area contributed by atoms with Crippen molar-refractivity contribution in [1.29, 1.82) is 0 Å². The van der Waals surface area contributed by atoms with Gasteiger partial charge < -0.3 is 5.11 Å². The molecule has 4 nitrogen and oxygen atoms in total. The van der Waals surface area contributed by atoms with Gasteiger partial charge in [-0.15, -0.1) is 34.9 Å². The van der Waals surface area contributed by atoms with Crippen LogP contribution in [0, 0.1) is 26.8 Å². The molecule has 4 aromatic rings. The largest absolute Gasteiger partial charge is 0.512 e. The fraction of sp³-hybridized carbons (Fsp3) is 0.167. The van der Waals surface area contributed by atoms with Crippen LogP contribution in [0.2, 0.25) is 0 Å². The molecule has 0 fully saturated rings. The van der Waals surface area contributed by atoms with Crippen molar-refractivity contribution < 1.29 is 34.8 Å². The maximum atomic E-state index is 12.9. The predicted molar refractivity (Wildman–Crippen MR) is 136 cm³/mol. The second kappa shape index (κ2) is 10.5. The molecule has 1 radical (unpaired) electrons. The molecule has 0 unspecified atom stereocenters. The fourth-order valence-corrected chi connectivity index (χ4v) is 4.29. The molecule has 1 N–H and O–H groups in total. The van der Waals surface area contributed by atoms with Gasteiger partial charge in [0.15, 0.2) is 11.6 Å². The van der Waals surface area contributed by atoms with E-state index < -0.39 is 0 Å². The number of aliphatic hydroxyl groups is 1. The molecule has 5 rings (SSSR count). The third-order valence-electron chi connectivity index (χ3n) is 5.62. The average molecular weight is 641 g/mol. The van der Waals surface area contributed by atoms with Gasteiger partial charge in [0.1, 0.15) is 0 Å². The summed E-state index contributed by atoms with van der Waals surface area (Å²) in [4.78, 5) is 27.7. The molecule has 5 heteroatoms. The van der Waals surface area contributed by atoms with E-state index in [0.29, 0.717) is 0 Å². The van der Waals surface area contributed by atoms with Crippen LogP contribution in [0.25, 0.3) is 33.3 Å². The molecule has 0 bridgehead atoms. The van der Waals surface area contributed by atoms with Crippen molar-refractivity contribution >= 4 is 22.5 Å². The first kappa shape index (κ1) is 26.2. The number of ketones is 2. The van der Waals surface area contributed by atoms with Gasteiger partial charge in [0.2, 0.25) is 0 Å². The molecule has 3 aromatic carbocycles. The molecule has 0 spiro atoms. The van der Waals surface area contributed by atoms with Gasteiger partial charge in [0.05, 0.1) is 11.3 Å². The van der Waals surface area contributed by atoms with Gasteiger partial charge in [-0.1, -0.05) is 43.7 Å². The zero-order valence-corrected chi connectivity index (χ0v) is 22.7. The van der Waals surface area contributed by atoms with E-state index in [1.165, 1.54) is 25.5 Å². The summed E-state index contributed by atoms with van der Waals surface area (Å²) in [7, 11) is 0. The van der Waals surface area contributed by atoms with Crippen molar-refractivity contribution in [1.82, 2.24) is 4.98 Å². The predicted octanol–water partition coefficient (Wildman–Crippen LogP) is 6.87. The first-order valence-corrected chi connectivity index (χ1v) is 11.1. The summed E-state index contributed by atoms with van der Waals surface area (Å²) in [5.41, 5.74) is 9.68. The minimum atomic E-state index is -0.125. The summed E-state index contributed by atoms with van der Waals surface area (Å²) in [5.74, 6) is 0.0308. The Balaban J connectivity index is 0.000000378. The van der Waals surface area contributed by atoms with Crippen molar-refractivity contribution in [3.8, 4) is 22.4 Å². The second-order valence-electron chi connectivity index (χ2n) is 8.82. The van der Waals surface area contributed by atoms with Crippen molar-refractivity contribution in [3.63, 3.8) is 0 Å². The van der Waals surface area contributed by atoms with Crippen LogP contribution >= 0.6 is 0 Å². The molecule has 1 aliphatic rings. The number of allylic oxidation sites excluding steroid dienone is 2. The van der Waals surface area contributed by atoms with Crippen molar-refractivity contribution in [2.75, 3.05) is 0 Å². The Kier molecular flexibility index (Phi) is 7.84. The minimum Gasteiger partial charge on any atom is -0.512 e. The van der Waals surface area contributed by atoms with Crippen LogP contribution in [0.3, 0.4) is 0 Å². The normalized spacial score (nSPS) is 11.8. The molecule has 0 saturated carbocycles. The molecular formula is C30H26IrNO3-.